The number of carbonyl (C=O) groups excluding carboxylic acids is 2. The maximum Gasteiger partial charge on any atom is 0.253 e. The molecule has 0 aliphatic carbocycles. The monoisotopic (exact) mass is 452 g/mol. The summed E-state index contributed by atoms with van der Waals surface area (Å²) in [5, 5.41) is 14.4. The Morgan fingerprint density at radius 2 is 1.72 bits per heavy atom. The quantitative estimate of drug-likeness (QED) is 0.373. The molecule has 0 saturated heterocycles. The van der Waals surface area contributed by atoms with Gasteiger partial charge in [0.2, 0.25) is 11.1 Å². The lowest BCUT2D eigenvalue weighted by molar-refractivity contribution is -0.113. The zero-order valence-corrected chi connectivity index (χ0v) is 19.4. The Morgan fingerprint density at radius 1 is 1.06 bits per heavy atom. The van der Waals surface area contributed by atoms with E-state index in [9.17, 15) is 9.59 Å². The number of nitrogens with two attached hydrogens (primary N) is 1. The van der Waals surface area contributed by atoms with Gasteiger partial charge in [-0.2, -0.15) is 0 Å². The van der Waals surface area contributed by atoms with Crippen LogP contribution in [-0.2, 0) is 10.2 Å². The molecule has 0 saturated carbocycles. The highest BCUT2D eigenvalue weighted by molar-refractivity contribution is 7.99. The lowest BCUT2D eigenvalue weighted by Gasteiger charge is -2.17. The van der Waals surface area contributed by atoms with Crippen LogP contribution in [0.2, 0.25) is 0 Å². The third kappa shape index (κ3) is 5.67. The SMILES string of the molecule is C[C@H](NC(=O)c1ccccc1NC(=O)CSc1nnc(C(C)(C)C)n1N)c1ccccc1. The Kier molecular flexibility index (Phi) is 7.19. The van der Waals surface area contributed by atoms with Gasteiger partial charge in [-0.25, -0.2) is 4.68 Å². The summed E-state index contributed by atoms with van der Waals surface area (Å²) in [6.07, 6.45) is 0. The number of benzene rings is 2. The number of anilines is 1. The fourth-order valence-electron chi connectivity index (χ4n) is 3.09. The maximum atomic E-state index is 12.8. The number of nitrogen functional groups attached to an aromatic ring is 1. The van der Waals surface area contributed by atoms with E-state index in [-0.39, 0.29) is 29.0 Å². The number of rotatable bonds is 7. The molecule has 1 heterocycles. The average molecular weight is 453 g/mol. The Balaban J connectivity index is 1.64. The van der Waals surface area contributed by atoms with Crippen molar-refractivity contribution in [2.75, 3.05) is 16.9 Å². The van der Waals surface area contributed by atoms with E-state index in [4.69, 9.17) is 5.84 Å². The van der Waals surface area contributed by atoms with Crippen molar-refractivity contribution in [3.63, 3.8) is 0 Å². The van der Waals surface area contributed by atoms with Gasteiger partial charge in [-0.05, 0) is 24.6 Å². The van der Waals surface area contributed by atoms with Crippen LogP contribution in [-0.4, -0.2) is 32.4 Å². The van der Waals surface area contributed by atoms with Crippen LogP contribution < -0.4 is 16.5 Å². The lowest BCUT2D eigenvalue weighted by Crippen LogP contribution is -2.28. The van der Waals surface area contributed by atoms with Crippen LogP contribution in [0.25, 0.3) is 0 Å². The molecule has 0 unspecified atom stereocenters. The van der Waals surface area contributed by atoms with Gasteiger partial charge >= 0.3 is 0 Å². The summed E-state index contributed by atoms with van der Waals surface area (Å²) in [6.45, 7) is 7.88. The third-order valence-electron chi connectivity index (χ3n) is 4.76. The number of aromatic nitrogens is 3. The molecule has 1 aromatic heterocycles. The number of carbonyl (C=O) groups is 2. The summed E-state index contributed by atoms with van der Waals surface area (Å²) in [4.78, 5) is 25.4. The Bertz CT molecular complexity index is 1090. The van der Waals surface area contributed by atoms with Gasteiger partial charge in [0.15, 0.2) is 5.82 Å². The predicted octanol–water partition coefficient (Wildman–Crippen LogP) is 3.51. The topological polar surface area (TPSA) is 115 Å². The molecule has 9 heteroatoms. The summed E-state index contributed by atoms with van der Waals surface area (Å²) in [5.41, 5.74) is 1.58. The number of hydrogen-bond acceptors (Lipinski definition) is 6. The van der Waals surface area contributed by atoms with Crippen LogP contribution in [0, 0.1) is 0 Å². The van der Waals surface area contributed by atoms with Crippen molar-refractivity contribution in [3.05, 3.63) is 71.5 Å². The van der Waals surface area contributed by atoms with Crippen molar-refractivity contribution in [1.82, 2.24) is 20.2 Å². The van der Waals surface area contributed by atoms with Crippen LogP contribution in [0.5, 0.6) is 0 Å². The van der Waals surface area contributed by atoms with Gasteiger partial charge in [-0.3, -0.25) is 9.59 Å². The van der Waals surface area contributed by atoms with Gasteiger partial charge in [-0.1, -0.05) is 75.0 Å². The van der Waals surface area contributed by atoms with Gasteiger partial charge in [0.25, 0.3) is 5.91 Å². The number of para-hydroxylation sites is 1. The molecule has 2 amide bonds. The number of amides is 2. The minimum absolute atomic E-state index is 0.0792. The molecule has 0 spiro atoms. The average Bonchev–Trinajstić information content (AvgIpc) is 3.14. The van der Waals surface area contributed by atoms with Crippen LogP contribution in [0.3, 0.4) is 0 Å². The zero-order valence-electron chi connectivity index (χ0n) is 18.6. The van der Waals surface area contributed by atoms with E-state index < -0.39 is 0 Å². The molecule has 4 N–H and O–H groups in total. The Labute approximate surface area is 192 Å². The standard InChI is InChI=1S/C23H28N6O2S/c1-15(16-10-6-5-7-11-16)25-20(31)17-12-8-9-13-18(17)26-19(30)14-32-22-28-27-21(29(22)24)23(2,3)4/h5-13,15H,14,24H2,1-4H3,(H,25,31)(H,26,30)/t15-/m0/s1. The van der Waals surface area contributed by atoms with Crippen molar-refractivity contribution in [2.45, 2.75) is 44.3 Å². The van der Waals surface area contributed by atoms with Crippen LogP contribution in [0.4, 0.5) is 5.69 Å². The second-order valence-electron chi connectivity index (χ2n) is 8.41. The largest absolute Gasteiger partial charge is 0.345 e. The molecule has 3 aromatic rings. The van der Waals surface area contributed by atoms with Crippen molar-refractivity contribution in [3.8, 4) is 0 Å². The van der Waals surface area contributed by atoms with Crippen LogP contribution in [0.1, 0.15) is 55.5 Å². The lowest BCUT2D eigenvalue weighted by atomic mass is 9.96. The molecule has 2 aromatic carbocycles. The second kappa shape index (κ2) is 9.86. The zero-order chi connectivity index (χ0) is 23.3. The van der Waals surface area contributed by atoms with Crippen molar-refractivity contribution in [2.24, 2.45) is 0 Å². The second-order valence-corrected chi connectivity index (χ2v) is 9.36. The van der Waals surface area contributed by atoms with Crippen molar-refractivity contribution in [1.29, 1.82) is 0 Å². The highest BCUT2D eigenvalue weighted by atomic mass is 32.2. The van der Waals surface area contributed by atoms with Crippen molar-refractivity contribution < 1.29 is 9.59 Å². The maximum absolute atomic E-state index is 12.8. The van der Waals surface area contributed by atoms with Crippen molar-refractivity contribution >= 4 is 29.3 Å². The van der Waals surface area contributed by atoms with E-state index in [0.29, 0.717) is 22.2 Å². The van der Waals surface area contributed by atoms with E-state index in [1.807, 2.05) is 58.0 Å². The summed E-state index contributed by atoms with van der Waals surface area (Å²) >= 11 is 1.19. The van der Waals surface area contributed by atoms with E-state index in [1.54, 1.807) is 24.3 Å². The fraction of sp³-hybridized carbons (Fsp3) is 0.304. The molecule has 3 rings (SSSR count). The number of nitrogens with zero attached hydrogens (tertiary/aromatic N) is 3. The van der Waals surface area contributed by atoms with E-state index >= 15 is 0 Å². The minimum atomic E-state index is -0.272. The first-order valence-electron chi connectivity index (χ1n) is 10.2. The molecule has 8 nitrogen and oxygen atoms in total. The molecular weight excluding hydrogens is 424 g/mol. The first-order chi connectivity index (χ1) is 15.2. The molecule has 168 valence electrons. The summed E-state index contributed by atoms with van der Waals surface area (Å²) in [5.74, 6) is 6.25. The normalized spacial score (nSPS) is 12.2. The smallest absolute Gasteiger partial charge is 0.253 e. The minimum Gasteiger partial charge on any atom is -0.345 e. The molecule has 0 bridgehead atoms. The Morgan fingerprint density at radius 3 is 2.38 bits per heavy atom. The summed E-state index contributed by atoms with van der Waals surface area (Å²) < 4.78 is 1.41. The highest BCUT2D eigenvalue weighted by Gasteiger charge is 2.23. The summed E-state index contributed by atoms with van der Waals surface area (Å²) in [6, 6.07) is 16.4. The predicted molar refractivity (Wildman–Crippen MR) is 127 cm³/mol. The molecular formula is C23H28N6O2S. The Hall–Kier alpha value is -3.33. The first-order valence-corrected chi connectivity index (χ1v) is 11.2. The van der Waals surface area contributed by atoms with Gasteiger partial charge < -0.3 is 16.5 Å². The number of hydrogen-bond donors (Lipinski definition) is 3. The molecule has 0 aliphatic rings. The van der Waals surface area contributed by atoms with Crippen LogP contribution in [0.15, 0.2) is 59.8 Å². The molecule has 0 aliphatic heterocycles. The van der Waals surface area contributed by atoms with Gasteiger partial charge in [-0.15, -0.1) is 10.2 Å². The molecule has 32 heavy (non-hydrogen) atoms. The number of thioether (sulfide) groups is 1. The van der Waals surface area contributed by atoms with Gasteiger partial charge in [0.05, 0.1) is 23.0 Å². The van der Waals surface area contributed by atoms with E-state index in [1.165, 1.54) is 16.4 Å². The van der Waals surface area contributed by atoms with Crippen LogP contribution >= 0.6 is 11.8 Å². The highest BCUT2D eigenvalue weighted by Crippen LogP contribution is 2.24. The van der Waals surface area contributed by atoms with Gasteiger partial charge in [0.1, 0.15) is 0 Å². The van der Waals surface area contributed by atoms with Gasteiger partial charge in [0, 0.05) is 5.41 Å². The first kappa shape index (κ1) is 23.3. The molecule has 1 atom stereocenters. The fourth-order valence-corrected chi connectivity index (χ4v) is 3.75. The molecule has 0 radical (unpaired) electrons. The third-order valence-corrected chi connectivity index (χ3v) is 5.70. The van der Waals surface area contributed by atoms with E-state index in [0.717, 1.165) is 5.56 Å². The molecule has 0 fully saturated rings. The number of nitrogens with one attached hydrogen (secondary N) is 2. The summed E-state index contributed by atoms with van der Waals surface area (Å²) in [7, 11) is 0. The van der Waals surface area contributed by atoms with E-state index in [2.05, 4.69) is 20.8 Å².